The van der Waals surface area contributed by atoms with Crippen molar-refractivity contribution >= 4 is 5.91 Å². The number of nitrogens with zero attached hydrogens (tertiary/aromatic N) is 3. The smallest absolute Gasteiger partial charge is 0.272 e. The quantitative estimate of drug-likeness (QED) is 0.834. The predicted molar refractivity (Wildman–Crippen MR) is 93.5 cm³/mol. The first kappa shape index (κ1) is 17.4. The van der Waals surface area contributed by atoms with E-state index in [4.69, 9.17) is 9.47 Å². The fraction of sp³-hybridized carbons (Fsp3) is 0.421. The second kappa shape index (κ2) is 8.07. The average Bonchev–Trinajstić information content (AvgIpc) is 2.68. The van der Waals surface area contributed by atoms with E-state index in [-0.39, 0.29) is 17.9 Å². The minimum absolute atomic E-state index is 0.0447. The van der Waals surface area contributed by atoms with Crippen LogP contribution in [0.1, 0.15) is 22.5 Å². The van der Waals surface area contributed by atoms with Crippen molar-refractivity contribution < 1.29 is 14.3 Å². The fourth-order valence-electron chi connectivity index (χ4n) is 3.35. The Morgan fingerprint density at radius 1 is 1.24 bits per heavy atom. The van der Waals surface area contributed by atoms with Crippen molar-refractivity contribution in [3.05, 3.63) is 54.1 Å². The van der Waals surface area contributed by atoms with Gasteiger partial charge in [-0.15, -0.1) is 0 Å². The minimum atomic E-state index is -0.0447. The summed E-state index contributed by atoms with van der Waals surface area (Å²) in [6.45, 7) is 1.34. The Kier molecular flexibility index (Phi) is 5.60. The number of aromatic nitrogens is 2. The molecule has 1 aromatic heterocycles. The molecule has 1 saturated heterocycles. The van der Waals surface area contributed by atoms with E-state index >= 15 is 0 Å². The molecular weight excluding hydrogens is 318 g/mol. The van der Waals surface area contributed by atoms with Gasteiger partial charge in [-0.05, 0) is 36.6 Å². The largest absolute Gasteiger partial charge is 0.497 e. The zero-order chi connectivity index (χ0) is 17.6. The summed E-state index contributed by atoms with van der Waals surface area (Å²) >= 11 is 0. The predicted octanol–water partition coefficient (Wildman–Crippen LogP) is 2.21. The highest BCUT2D eigenvalue weighted by Crippen LogP contribution is 2.25. The van der Waals surface area contributed by atoms with Crippen LogP contribution in [0.2, 0.25) is 0 Å². The summed E-state index contributed by atoms with van der Waals surface area (Å²) in [5, 5.41) is 0. The zero-order valence-corrected chi connectivity index (χ0v) is 14.6. The molecule has 1 aromatic carbocycles. The maximum Gasteiger partial charge on any atom is 0.272 e. The van der Waals surface area contributed by atoms with Gasteiger partial charge >= 0.3 is 0 Å². The van der Waals surface area contributed by atoms with Crippen LogP contribution in [0.3, 0.4) is 0 Å². The number of methoxy groups -OCH3 is 2. The Balaban J connectivity index is 1.70. The first-order valence-electron chi connectivity index (χ1n) is 8.42. The van der Waals surface area contributed by atoms with Crippen molar-refractivity contribution in [3.8, 4) is 5.75 Å². The van der Waals surface area contributed by atoms with Gasteiger partial charge in [-0.25, -0.2) is 9.97 Å². The van der Waals surface area contributed by atoms with Crippen molar-refractivity contribution in [2.75, 3.05) is 27.3 Å². The third kappa shape index (κ3) is 4.14. The van der Waals surface area contributed by atoms with E-state index in [1.54, 1.807) is 26.5 Å². The van der Waals surface area contributed by atoms with Gasteiger partial charge < -0.3 is 14.4 Å². The lowest BCUT2D eigenvalue weighted by atomic mass is 9.88. The van der Waals surface area contributed by atoms with Crippen LogP contribution in [0, 0.1) is 5.92 Å². The van der Waals surface area contributed by atoms with Gasteiger partial charge in [0.05, 0.1) is 13.2 Å². The number of hydrogen-bond acceptors (Lipinski definition) is 5. The highest BCUT2D eigenvalue weighted by Gasteiger charge is 2.32. The zero-order valence-electron chi connectivity index (χ0n) is 14.6. The maximum atomic E-state index is 12.7. The Morgan fingerprint density at radius 2 is 2.04 bits per heavy atom. The Hall–Kier alpha value is -2.47. The van der Waals surface area contributed by atoms with Crippen molar-refractivity contribution in [2.45, 2.75) is 18.9 Å². The summed E-state index contributed by atoms with van der Waals surface area (Å²) in [4.78, 5) is 22.5. The van der Waals surface area contributed by atoms with Gasteiger partial charge in [0.1, 0.15) is 17.8 Å². The van der Waals surface area contributed by atoms with Crippen molar-refractivity contribution in [3.63, 3.8) is 0 Å². The van der Waals surface area contributed by atoms with Gasteiger partial charge in [0.15, 0.2) is 0 Å². The van der Waals surface area contributed by atoms with Crippen LogP contribution in [-0.4, -0.2) is 54.2 Å². The normalized spacial score (nSPS) is 20.3. The molecule has 6 nitrogen and oxygen atoms in total. The SMILES string of the molecule is COc1ccc(C[C@H]2CN(C(=O)c3ccncn3)CC[C@@H]2OC)cc1. The molecule has 6 heteroatoms. The molecule has 25 heavy (non-hydrogen) atoms. The van der Waals surface area contributed by atoms with E-state index in [0.717, 1.165) is 18.6 Å². The summed E-state index contributed by atoms with van der Waals surface area (Å²) in [5.41, 5.74) is 1.65. The lowest BCUT2D eigenvalue weighted by Gasteiger charge is -2.38. The second-order valence-corrected chi connectivity index (χ2v) is 6.22. The Bertz CT molecular complexity index is 691. The standard InChI is InChI=1S/C19H23N3O3/c1-24-16-5-3-14(4-6-16)11-15-12-22(10-8-18(15)25-2)19(23)17-7-9-20-13-21-17/h3-7,9,13,15,18H,8,10-12H2,1-2H3/t15-,18-/m0/s1. The molecule has 0 N–H and O–H groups in total. The summed E-state index contributed by atoms with van der Waals surface area (Å²) in [5.74, 6) is 1.05. The number of likely N-dealkylation sites (tertiary alicyclic amines) is 1. The first-order valence-corrected chi connectivity index (χ1v) is 8.42. The number of carbonyl (C=O) groups is 1. The van der Waals surface area contributed by atoms with Crippen LogP contribution in [0.4, 0.5) is 0 Å². The Morgan fingerprint density at radius 3 is 2.68 bits per heavy atom. The molecule has 1 fully saturated rings. The average molecular weight is 341 g/mol. The van der Waals surface area contributed by atoms with Gasteiger partial charge in [-0.1, -0.05) is 12.1 Å². The summed E-state index contributed by atoms with van der Waals surface area (Å²) in [6.07, 6.45) is 4.84. The number of rotatable bonds is 5. The molecule has 0 unspecified atom stereocenters. The maximum absolute atomic E-state index is 12.7. The summed E-state index contributed by atoms with van der Waals surface area (Å²) in [7, 11) is 3.40. The van der Waals surface area contributed by atoms with Crippen molar-refractivity contribution in [2.24, 2.45) is 5.92 Å². The fourth-order valence-corrected chi connectivity index (χ4v) is 3.35. The van der Waals surface area contributed by atoms with Crippen LogP contribution in [-0.2, 0) is 11.2 Å². The number of benzene rings is 1. The molecule has 0 spiro atoms. The Labute approximate surface area is 147 Å². The molecule has 0 radical (unpaired) electrons. The van der Waals surface area contributed by atoms with Crippen LogP contribution in [0.5, 0.6) is 5.75 Å². The number of hydrogen-bond donors (Lipinski definition) is 0. The number of amides is 1. The number of piperidine rings is 1. The van der Waals surface area contributed by atoms with Gasteiger partial charge in [0, 0.05) is 32.3 Å². The highest BCUT2D eigenvalue weighted by molar-refractivity contribution is 5.92. The molecular formula is C19H23N3O3. The second-order valence-electron chi connectivity index (χ2n) is 6.22. The molecule has 2 aromatic rings. The van der Waals surface area contributed by atoms with Crippen LogP contribution in [0.15, 0.2) is 42.9 Å². The molecule has 2 heterocycles. The highest BCUT2D eigenvalue weighted by atomic mass is 16.5. The van der Waals surface area contributed by atoms with E-state index in [1.165, 1.54) is 11.9 Å². The van der Waals surface area contributed by atoms with Crippen LogP contribution < -0.4 is 4.74 Å². The third-order valence-electron chi connectivity index (χ3n) is 4.71. The van der Waals surface area contributed by atoms with Crippen molar-refractivity contribution in [1.29, 1.82) is 0 Å². The van der Waals surface area contributed by atoms with Gasteiger partial charge in [-0.3, -0.25) is 4.79 Å². The monoisotopic (exact) mass is 341 g/mol. The lowest BCUT2D eigenvalue weighted by molar-refractivity contribution is -0.00317. The molecule has 1 aliphatic rings. The number of carbonyl (C=O) groups excluding carboxylic acids is 1. The van der Waals surface area contributed by atoms with Crippen molar-refractivity contribution in [1.82, 2.24) is 14.9 Å². The summed E-state index contributed by atoms with van der Waals surface area (Å²) in [6, 6.07) is 9.71. The van der Waals surface area contributed by atoms with E-state index in [1.807, 2.05) is 17.0 Å². The van der Waals surface area contributed by atoms with E-state index in [9.17, 15) is 4.79 Å². The molecule has 0 bridgehead atoms. The minimum Gasteiger partial charge on any atom is -0.497 e. The van der Waals surface area contributed by atoms with E-state index < -0.39 is 0 Å². The molecule has 0 saturated carbocycles. The van der Waals surface area contributed by atoms with E-state index in [0.29, 0.717) is 18.8 Å². The molecule has 0 aliphatic carbocycles. The number of ether oxygens (including phenoxy) is 2. The van der Waals surface area contributed by atoms with Gasteiger partial charge in [0.25, 0.3) is 5.91 Å². The topological polar surface area (TPSA) is 64.5 Å². The molecule has 1 aliphatic heterocycles. The molecule has 2 atom stereocenters. The van der Waals surface area contributed by atoms with E-state index in [2.05, 4.69) is 22.1 Å². The molecule has 132 valence electrons. The molecule has 3 rings (SSSR count). The van der Waals surface area contributed by atoms with Crippen LogP contribution >= 0.6 is 0 Å². The first-order chi connectivity index (χ1) is 12.2. The van der Waals surface area contributed by atoms with Gasteiger partial charge in [-0.2, -0.15) is 0 Å². The third-order valence-corrected chi connectivity index (χ3v) is 4.71. The lowest BCUT2D eigenvalue weighted by Crippen LogP contribution is -2.47. The summed E-state index contributed by atoms with van der Waals surface area (Å²) < 4.78 is 10.9. The van der Waals surface area contributed by atoms with Gasteiger partial charge in [0.2, 0.25) is 0 Å². The molecule has 1 amide bonds. The van der Waals surface area contributed by atoms with Crippen LogP contribution in [0.25, 0.3) is 0 Å².